The van der Waals surface area contributed by atoms with Gasteiger partial charge in [-0.1, -0.05) is 6.07 Å². The summed E-state index contributed by atoms with van der Waals surface area (Å²) in [6.45, 7) is 3.44. The zero-order chi connectivity index (χ0) is 23.8. The molecule has 2 fully saturated rings. The van der Waals surface area contributed by atoms with Gasteiger partial charge in [0.25, 0.3) is 0 Å². The molecule has 2 saturated heterocycles. The number of hydrogen-bond acceptors (Lipinski definition) is 8. The van der Waals surface area contributed by atoms with Crippen LogP contribution in [-0.2, 0) is 20.1 Å². The van der Waals surface area contributed by atoms with Gasteiger partial charge in [-0.25, -0.2) is 9.59 Å². The van der Waals surface area contributed by atoms with Crippen molar-refractivity contribution in [3.8, 4) is 11.2 Å². The van der Waals surface area contributed by atoms with E-state index in [-0.39, 0.29) is 11.5 Å². The summed E-state index contributed by atoms with van der Waals surface area (Å²) >= 11 is 2.16. The summed E-state index contributed by atoms with van der Waals surface area (Å²) in [5, 5.41) is 34.5. The third-order valence-electron chi connectivity index (χ3n) is 5.25. The lowest BCUT2D eigenvalue weighted by Gasteiger charge is -2.44. The zero-order valence-electron chi connectivity index (χ0n) is 17.1. The number of nitrogens with one attached hydrogen (secondary N) is 2. The maximum atomic E-state index is 13.0. The van der Waals surface area contributed by atoms with Crippen molar-refractivity contribution in [1.82, 2.24) is 15.5 Å². The summed E-state index contributed by atoms with van der Waals surface area (Å²) in [5.41, 5.74) is 5.89. The summed E-state index contributed by atoms with van der Waals surface area (Å²) in [6.07, 6.45) is 0. The van der Waals surface area contributed by atoms with Crippen molar-refractivity contribution < 1.29 is 29.4 Å². The molecular formula is C19H21N5O6S2. The van der Waals surface area contributed by atoms with Crippen LogP contribution >= 0.6 is 23.5 Å². The molecule has 6 N–H and O–H groups in total. The van der Waals surface area contributed by atoms with E-state index < -0.39 is 52.1 Å². The molecule has 1 aromatic carbocycles. The molecule has 1 aromatic rings. The summed E-state index contributed by atoms with van der Waals surface area (Å²) in [4.78, 5) is 50.0. The standard InChI is InChI=1S/C19H21N5O6S2/c1-19(2)13(17(28)29)24-15(27)12(16(24)32-19)22-14(26)11(23-18(21)30)8-3-4-10(25)9(5-8)6-31-7-20/h3-5,11-13,16,25H,6H2,1-2H3,(H,22,26)(H,28,29)(H3,21,23,30). The van der Waals surface area contributed by atoms with E-state index in [2.05, 4.69) is 10.6 Å². The van der Waals surface area contributed by atoms with Gasteiger partial charge in [0.1, 0.15) is 34.7 Å². The largest absolute Gasteiger partial charge is 0.508 e. The van der Waals surface area contributed by atoms with Crippen LogP contribution < -0.4 is 16.4 Å². The van der Waals surface area contributed by atoms with Crippen LogP contribution in [0.5, 0.6) is 5.75 Å². The molecular weight excluding hydrogens is 458 g/mol. The molecule has 32 heavy (non-hydrogen) atoms. The number of aliphatic carboxylic acids is 1. The number of thioether (sulfide) groups is 2. The minimum atomic E-state index is -1.27. The van der Waals surface area contributed by atoms with Crippen molar-refractivity contribution in [3.05, 3.63) is 29.3 Å². The normalized spacial score (nSPS) is 24.0. The van der Waals surface area contributed by atoms with Gasteiger partial charge in [-0.2, -0.15) is 5.26 Å². The summed E-state index contributed by atoms with van der Waals surface area (Å²) in [5.74, 6) is -2.29. The SMILES string of the molecule is CC1(C)SC2C(NC(=O)C(NC(N)=O)c3ccc(O)c(CSC#N)c3)C(=O)N2C1C(=O)O. The van der Waals surface area contributed by atoms with E-state index in [1.807, 2.05) is 5.40 Å². The lowest BCUT2D eigenvalue weighted by molar-refractivity contribution is -0.161. The number of carboxylic acids is 1. The highest BCUT2D eigenvalue weighted by atomic mass is 32.2. The van der Waals surface area contributed by atoms with Gasteiger partial charge in [0, 0.05) is 16.1 Å². The first-order valence-corrected chi connectivity index (χ1v) is 11.3. The van der Waals surface area contributed by atoms with Gasteiger partial charge in [0.2, 0.25) is 11.8 Å². The number of nitrogens with zero attached hydrogens (tertiary/aromatic N) is 2. The van der Waals surface area contributed by atoms with Crippen LogP contribution in [0.25, 0.3) is 0 Å². The fourth-order valence-electron chi connectivity index (χ4n) is 3.84. The van der Waals surface area contributed by atoms with Crippen LogP contribution in [0.3, 0.4) is 0 Å². The van der Waals surface area contributed by atoms with E-state index in [9.17, 15) is 29.4 Å². The Morgan fingerprint density at radius 3 is 2.69 bits per heavy atom. The molecule has 13 heteroatoms. The zero-order valence-corrected chi connectivity index (χ0v) is 18.7. The summed E-state index contributed by atoms with van der Waals surface area (Å²) in [7, 11) is 0. The molecule has 2 aliphatic rings. The number of urea groups is 1. The van der Waals surface area contributed by atoms with Crippen molar-refractivity contribution in [2.24, 2.45) is 5.73 Å². The molecule has 0 aliphatic carbocycles. The number of phenols is 1. The molecule has 0 bridgehead atoms. The Bertz CT molecular complexity index is 1030. The van der Waals surface area contributed by atoms with Crippen molar-refractivity contribution >= 4 is 47.3 Å². The quantitative estimate of drug-likeness (QED) is 0.273. The Labute approximate surface area is 191 Å². The number of aromatic hydroxyl groups is 1. The Hall–Kier alpha value is -3.11. The highest BCUT2D eigenvalue weighted by Gasteiger charge is 2.64. The third-order valence-corrected chi connectivity index (χ3v) is 7.41. The first-order valence-electron chi connectivity index (χ1n) is 9.39. The number of fused-ring (bicyclic) bond motifs is 1. The molecule has 4 amide bonds. The number of amides is 4. The lowest BCUT2D eigenvalue weighted by Crippen LogP contribution is -2.71. The van der Waals surface area contributed by atoms with Gasteiger partial charge in [0.05, 0.1) is 0 Å². The van der Waals surface area contributed by atoms with Gasteiger partial charge in [-0.3, -0.25) is 9.59 Å². The first kappa shape index (κ1) is 23.6. The molecule has 4 unspecified atom stereocenters. The van der Waals surface area contributed by atoms with Crippen molar-refractivity contribution in [3.63, 3.8) is 0 Å². The van der Waals surface area contributed by atoms with E-state index in [0.29, 0.717) is 11.1 Å². The number of thiocyanates is 1. The van der Waals surface area contributed by atoms with E-state index >= 15 is 0 Å². The number of β-lactam (4-membered cyclic amide) rings is 1. The second-order valence-corrected chi connectivity index (χ2v) is 10.3. The lowest BCUT2D eigenvalue weighted by atomic mass is 9.95. The minimum absolute atomic E-state index is 0.0798. The van der Waals surface area contributed by atoms with Crippen LogP contribution in [0.15, 0.2) is 18.2 Å². The third kappa shape index (κ3) is 4.28. The molecule has 2 aliphatic heterocycles. The Morgan fingerprint density at radius 1 is 1.41 bits per heavy atom. The van der Waals surface area contributed by atoms with E-state index in [0.717, 1.165) is 11.8 Å². The van der Waals surface area contributed by atoms with Gasteiger partial charge in [-0.05, 0) is 43.3 Å². The fourth-order valence-corrected chi connectivity index (χ4v) is 5.91. The number of carbonyl (C=O) groups excluding carboxylic acids is 3. The molecule has 0 aromatic heterocycles. The number of carbonyl (C=O) groups is 4. The Kier molecular flexibility index (Phi) is 6.47. The van der Waals surface area contributed by atoms with Crippen LogP contribution in [-0.4, -0.2) is 61.1 Å². The topological polar surface area (TPSA) is 186 Å². The highest BCUT2D eigenvalue weighted by molar-refractivity contribution is 8.03. The first-order chi connectivity index (χ1) is 15.0. The maximum absolute atomic E-state index is 13.0. The van der Waals surface area contributed by atoms with Gasteiger partial charge >= 0.3 is 12.0 Å². The summed E-state index contributed by atoms with van der Waals surface area (Å²) < 4.78 is -0.749. The molecule has 0 radical (unpaired) electrons. The average Bonchev–Trinajstić information content (AvgIpc) is 2.97. The number of phenolic OH excluding ortho intramolecular Hbond substituents is 1. The predicted octanol–water partition coefficient (Wildman–Crippen LogP) is 0.448. The maximum Gasteiger partial charge on any atom is 0.327 e. The predicted molar refractivity (Wildman–Crippen MR) is 116 cm³/mol. The second-order valence-electron chi connectivity index (χ2n) is 7.79. The number of nitrogens with two attached hydrogens (primary N) is 1. The smallest absolute Gasteiger partial charge is 0.327 e. The molecule has 4 atom stereocenters. The molecule has 0 saturated carbocycles. The van der Waals surface area contributed by atoms with Gasteiger partial charge < -0.3 is 31.5 Å². The van der Waals surface area contributed by atoms with Gasteiger partial charge in [-0.15, -0.1) is 11.8 Å². The highest BCUT2D eigenvalue weighted by Crippen LogP contribution is 2.50. The molecule has 0 spiro atoms. The van der Waals surface area contributed by atoms with Crippen LogP contribution in [0.1, 0.15) is 31.0 Å². The molecule has 11 nitrogen and oxygen atoms in total. The number of primary amides is 1. The van der Waals surface area contributed by atoms with E-state index in [1.165, 1.54) is 34.9 Å². The van der Waals surface area contributed by atoms with Crippen LogP contribution in [0, 0.1) is 10.7 Å². The molecule has 2 heterocycles. The number of benzene rings is 1. The Balaban J connectivity index is 1.82. The fraction of sp³-hybridized carbons (Fsp3) is 0.421. The van der Waals surface area contributed by atoms with Gasteiger partial charge in [0.15, 0.2) is 0 Å². The molecule has 170 valence electrons. The second kappa shape index (κ2) is 8.79. The minimum Gasteiger partial charge on any atom is -0.508 e. The number of hydrogen-bond donors (Lipinski definition) is 5. The van der Waals surface area contributed by atoms with Crippen molar-refractivity contribution in [2.75, 3.05) is 0 Å². The van der Waals surface area contributed by atoms with Crippen LogP contribution in [0.4, 0.5) is 4.79 Å². The van der Waals surface area contributed by atoms with Crippen molar-refractivity contribution in [1.29, 1.82) is 5.26 Å². The van der Waals surface area contributed by atoms with Crippen LogP contribution in [0.2, 0.25) is 0 Å². The molecule has 3 rings (SSSR count). The average molecular weight is 480 g/mol. The number of nitriles is 1. The number of carboxylic acid groups (broad SMARTS) is 1. The number of rotatable bonds is 7. The Morgan fingerprint density at radius 2 is 2.09 bits per heavy atom. The summed E-state index contributed by atoms with van der Waals surface area (Å²) in [6, 6.07) is -0.0182. The van der Waals surface area contributed by atoms with E-state index in [1.54, 1.807) is 13.8 Å². The monoisotopic (exact) mass is 479 g/mol. The van der Waals surface area contributed by atoms with Crippen molar-refractivity contribution in [2.45, 2.75) is 47.8 Å². The van der Waals surface area contributed by atoms with E-state index in [4.69, 9.17) is 11.0 Å².